The van der Waals surface area contributed by atoms with E-state index in [-0.39, 0.29) is 26.4 Å². The summed E-state index contributed by atoms with van der Waals surface area (Å²) >= 11 is 0. The van der Waals surface area contributed by atoms with Gasteiger partial charge in [-0.25, -0.2) is 0 Å². The zero-order valence-corrected chi connectivity index (χ0v) is 7.55. The van der Waals surface area contributed by atoms with Gasteiger partial charge in [-0.3, -0.25) is 9.11 Å². The summed E-state index contributed by atoms with van der Waals surface area (Å²) in [4.78, 5) is 0. The monoisotopic (exact) mass is 222 g/mol. The van der Waals surface area contributed by atoms with Crippen LogP contribution in [0.1, 0.15) is 0 Å². The molecule has 0 bridgehead atoms. The lowest BCUT2D eigenvalue weighted by Gasteiger charge is -1.70. The molecule has 0 spiro atoms. The summed E-state index contributed by atoms with van der Waals surface area (Å²) in [6, 6.07) is 0. The van der Waals surface area contributed by atoms with Crippen LogP contribution in [0, 0.1) is 0 Å². The SMILES string of the molecule is O=S(=O)(O)O.OCCO.OCCO. The van der Waals surface area contributed by atoms with Crippen LogP contribution in [0.5, 0.6) is 0 Å². The van der Waals surface area contributed by atoms with Gasteiger partial charge in [0, 0.05) is 0 Å². The molecule has 13 heavy (non-hydrogen) atoms. The Bertz CT molecular complexity index is 136. The van der Waals surface area contributed by atoms with Crippen LogP contribution in [0.25, 0.3) is 0 Å². The fraction of sp³-hybridized carbons (Fsp3) is 1.00. The standard InChI is InChI=1S/2C2H6O2.H2O4S/c2*3-1-2-4;1-5(2,3)4/h2*3-4H,1-2H2;(H2,1,2,3,4). The largest absolute Gasteiger partial charge is 0.394 e. The molecule has 0 rings (SSSR count). The van der Waals surface area contributed by atoms with Gasteiger partial charge in [0.2, 0.25) is 0 Å². The average Bonchev–Trinajstić information content (AvgIpc) is 2.01. The molecule has 0 aliphatic rings. The highest BCUT2D eigenvalue weighted by Crippen LogP contribution is 1.59. The van der Waals surface area contributed by atoms with Crippen molar-refractivity contribution >= 4 is 10.4 Å². The van der Waals surface area contributed by atoms with E-state index in [1.807, 2.05) is 0 Å². The first-order chi connectivity index (χ1) is 5.83. The van der Waals surface area contributed by atoms with E-state index in [0.29, 0.717) is 0 Å². The Kier molecular flexibility index (Phi) is 20.3. The molecule has 9 heteroatoms. The molecule has 0 aromatic rings. The normalized spacial score (nSPS) is 9.08. The molecule has 0 heterocycles. The Morgan fingerprint density at radius 3 is 0.769 bits per heavy atom. The van der Waals surface area contributed by atoms with Crippen molar-refractivity contribution in [3.63, 3.8) is 0 Å². The van der Waals surface area contributed by atoms with Crippen molar-refractivity contribution in [3.8, 4) is 0 Å². The summed E-state index contributed by atoms with van der Waals surface area (Å²) in [5.41, 5.74) is 0. The van der Waals surface area contributed by atoms with E-state index >= 15 is 0 Å². The Labute approximate surface area is 75.7 Å². The number of hydrogen-bond acceptors (Lipinski definition) is 6. The van der Waals surface area contributed by atoms with Crippen molar-refractivity contribution in [2.75, 3.05) is 26.4 Å². The van der Waals surface area contributed by atoms with Crippen LogP contribution in [-0.2, 0) is 10.4 Å². The molecule has 0 aromatic carbocycles. The smallest absolute Gasteiger partial charge is 0.394 e. The number of aliphatic hydroxyl groups is 4. The minimum absolute atomic E-state index is 0.125. The van der Waals surface area contributed by atoms with Gasteiger partial charge in [-0.1, -0.05) is 0 Å². The van der Waals surface area contributed by atoms with E-state index in [4.69, 9.17) is 37.9 Å². The summed E-state index contributed by atoms with van der Waals surface area (Å²) in [5.74, 6) is 0. The van der Waals surface area contributed by atoms with Crippen molar-refractivity contribution in [1.29, 1.82) is 0 Å². The minimum Gasteiger partial charge on any atom is -0.394 e. The third kappa shape index (κ3) is 378. The number of rotatable bonds is 2. The third-order valence-corrected chi connectivity index (χ3v) is 0.200. The van der Waals surface area contributed by atoms with E-state index in [1.54, 1.807) is 0 Å². The maximum Gasteiger partial charge on any atom is 0.394 e. The summed E-state index contributed by atoms with van der Waals surface area (Å²) < 4.78 is 31.6. The molecule has 0 amide bonds. The van der Waals surface area contributed by atoms with E-state index < -0.39 is 10.4 Å². The second kappa shape index (κ2) is 14.2. The molecular formula is C4H14O8S. The van der Waals surface area contributed by atoms with Crippen molar-refractivity contribution < 1.29 is 37.9 Å². The van der Waals surface area contributed by atoms with Gasteiger partial charge >= 0.3 is 10.4 Å². The molecule has 0 aliphatic carbocycles. The zero-order valence-electron chi connectivity index (χ0n) is 6.74. The Hall–Kier alpha value is -0.290. The molecule has 8 nitrogen and oxygen atoms in total. The van der Waals surface area contributed by atoms with Crippen molar-refractivity contribution in [1.82, 2.24) is 0 Å². The first-order valence-corrected chi connectivity index (χ1v) is 4.36. The van der Waals surface area contributed by atoms with Gasteiger partial charge in [-0.05, 0) is 0 Å². The Balaban J connectivity index is -0.000000117. The van der Waals surface area contributed by atoms with Crippen LogP contribution in [0.15, 0.2) is 0 Å². The van der Waals surface area contributed by atoms with E-state index in [9.17, 15) is 0 Å². The predicted octanol–water partition coefficient (Wildman–Crippen LogP) is -2.71. The minimum atomic E-state index is -4.67. The van der Waals surface area contributed by atoms with Gasteiger partial charge in [0.05, 0.1) is 26.4 Å². The predicted molar refractivity (Wildman–Crippen MR) is 42.5 cm³/mol. The fourth-order valence-corrected chi connectivity index (χ4v) is 0. The topological polar surface area (TPSA) is 156 Å². The number of hydrogen-bond donors (Lipinski definition) is 6. The molecule has 0 unspecified atom stereocenters. The molecule has 0 atom stereocenters. The maximum atomic E-state index is 8.74. The fourth-order valence-electron chi connectivity index (χ4n) is 0. The van der Waals surface area contributed by atoms with Crippen LogP contribution in [0.2, 0.25) is 0 Å². The average molecular weight is 222 g/mol. The van der Waals surface area contributed by atoms with E-state index in [0.717, 1.165) is 0 Å². The molecule has 0 aliphatic heterocycles. The lowest BCUT2D eigenvalue weighted by Crippen LogP contribution is -1.89. The summed E-state index contributed by atoms with van der Waals surface area (Å²) in [5, 5.41) is 30.5. The molecular weight excluding hydrogens is 208 g/mol. The molecule has 6 N–H and O–H groups in total. The van der Waals surface area contributed by atoms with Gasteiger partial charge in [0.25, 0.3) is 0 Å². The summed E-state index contributed by atoms with van der Waals surface area (Å²) in [6.07, 6.45) is 0. The highest BCUT2D eigenvalue weighted by molar-refractivity contribution is 7.79. The van der Waals surface area contributed by atoms with Gasteiger partial charge < -0.3 is 20.4 Å². The van der Waals surface area contributed by atoms with Crippen LogP contribution < -0.4 is 0 Å². The van der Waals surface area contributed by atoms with Crippen molar-refractivity contribution in [2.45, 2.75) is 0 Å². The first-order valence-electron chi connectivity index (χ1n) is 2.96. The van der Waals surface area contributed by atoms with Crippen molar-refractivity contribution in [3.05, 3.63) is 0 Å². The first kappa shape index (κ1) is 18.5. The molecule has 84 valence electrons. The van der Waals surface area contributed by atoms with E-state index in [2.05, 4.69) is 0 Å². The van der Waals surface area contributed by atoms with Gasteiger partial charge in [0.1, 0.15) is 0 Å². The summed E-state index contributed by atoms with van der Waals surface area (Å²) in [7, 11) is -4.67. The van der Waals surface area contributed by atoms with Crippen LogP contribution >= 0.6 is 0 Å². The lowest BCUT2D eigenvalue weighted by molar-refractivity contribution is 0.186. The van der Waals surface area contributed by atoms with Crippen LogP contribution in [0.3, 0.4) is 0 Å². The second-order valence-electron chi connectivity index (χ2n) is 1.34. The molecule has 0 saturated carbocycles. The lowest BCUT2D eigenvalue weighted by atomic mass is 10.8. The Morgan fingerprint density at radius 2 is 0.769 bits per heavy atom. The highest BCUT2D eigenvalue weighted by atomic mass is 32.3. The molecule has 0 aromatic heterocycles. The second-order valence-corrected chi connectivity index (χ2v) is 2.24. The van der Waals surface area contributed by atoms with E-state index in [1.165, 1.54) is 0 Å². The Morgan fingerprint density at radius 1 is 0.692 bits per heavy atom. The van der Waals surface area contributed by atoms with Crippen LogP contribution in [0.4, 0.5) is 0 Å². The van der Waals surface area contributed by atoms with Gasteiger partial charge in [0.15, 0.2) is 0 Å². The highest BCUT2D eigenvalue weighted by Gasteiger charge is 1.84. The van der Waals surface area contributed by atoms with Crippen molar-refractivity contribution in [2.24, 2.45) is 0 Å². The third-order valence-electron chi connectivity index (χ3n) is 0.200. The quantitative estimate of drug-likeness (QED) is 0.275. The molecule has 0 radical (unpaired) electrons. The van der Waals surface area contributed by atoms with Crippen LogP contribution in [-0.4, -0.2) is 64.4 Å². The molecule has 0 saturated heterocycles. The van der Waals surface area contributed by atoms with Gasteiger partial charge in [-0.15, -0.1) is 0 Å². The summed E-state index contributed by atoms with van der Waals surface area (Å²) in [6.45, 7) is -0.500. The van der Waals surface area contributed by atoms with Gasteiger partial charge in [-0.2, -0.15) is 8.42 Å². The zero-order chi connectivity index (χ0) is 11.3. The number of aliphatic hydroxyl groups excluding tert-OH is 4. The maximum absolute atomic E-state index is 8.74. The molecule has 0 fully saturated rings.